The molecule has 4 heteroatoms. The van der Waals surface area contributed by atoms with Crippen LogP contribution in [-0.4, -0.2) is 25.2 Å². The number of rotatable bonds is 4. The van der Waals surface area contributed by atoms with Crippen LogP contribution < -0.4 is 5.32 Å². The van der Waals surface area contributed by atoms with Crippen LogP contribution in [0.15, 0.2) is 34.9 Å². The Balaban J connectivity index is 2.20. The van der Waals surface area contributed by atoms with E-state index in [1.165, 1.54) is 5.39 Å². The summed E-state index contributed by atoms with van der Waals surface area (Å²) in [7, 11) is 1.69. The van der Waals surface area contributed by atoms with E-state index in [0.29, 0.717) is 6.61 Å². The molecule has 1 aromatic heterocycles. The minimum absolute atomic E-state index is 0.681. The lowest BCUT2D eigenvalue weighted by molar-refractivity contribution is 0.210. The summed E-state index contributed by atoms with van der Waals surface area (Å²) >= 11 is 3.44. The smallest absolute Gasteiger partial charge is 0.126 e. The Morgan fingerprint density at radius 3 is 3.00 bits per heavy atom. The minimum Gasteiger partial charge on any atom is -0.383 e. The number of benzene rings is 1. The molecule has 2 aromatic rings. The first-order chi connectivity index (χ1) is 7.79. The predicted octanol–water partition coefficient (Wildman–Crippen LogP) is 3.06. The highest BCUT2D eigenvalue weighted by molar-refractivity contribution is 9.10. The van der Waals surface area contributed by atoms with E-state index in [0.717, 1.165) is 22.2 Å². The highest BCUT2D eigenvalue weighted by Gasteiger charge is 1.98. The molecule has 0 atom stereocenters. The number of nitrogens with one attached hydrogen (secondary N) is 1. The van der Waals surface area contributed by atoms with Crippen molar-refractivity contribution in [1.29, 1.82) is 0 Å². The van der Waals surface area contributed by atoms with Gasteiger partial charge in [0.25, 0.3) is 0 Å². The average molecular weight is 281 g/mol. The SMILES string of the molecule is COCCNc1cc2ccc(Br)cc2cn1. The molecule has 0 amide bonds. The molecule has 0 fully saturated rings. The zero-order valence-corrected chi connectivity index (χ0v) is 10.6. The van der Waals surface area contributed by atoms with Crippen LogP contribution in [0.5, 0.6) is 0 Å². The van der Waals surface area contributed by atoms with Crippen LogP contribution in [-0.2, 0) is 4.74 Å². The van der Waals surface area contributed by atoms with Crippen molar-refractivity contribution >= 4 is 32.5 Å². The van der Waals surface area contributed by atoms with E-state index in [1.807, 2.05) is 18.3 Å². The highest BCUT2D eigenvalue weighted by atomic mass is 79.9. The molecule has 1 heterocycles. The molecule has 0 aliphatic carbocycles. The standard InChI is InChI=1S/C12H13BrN2O/c1-16-5-4-14-12-7-9-2-3-11(13)6-10(9)8-15-12/h2-3,6-8H,4-5H2,1H3,(H,14,15). The first-order valence-corrected chi connectivity index (χ1v) is 5.87. The van der Waals surface area contributed by atoms with Gasteiger partial charge in [0.05, 0.1) is 6.61 Å². The van der Waals surface area contributed by atoms with Crippen LogP contribution in [0.1, 0.15) is 0 Å². The van der Waals surface area contributed by atoms with Crippen LogP contribution in [0, 0.1) is 0 Å². The summed E-state index contributed by atoms with van der Waals surface area (Å²) in [4.78, 5) is 4.33. The van der Waals surface area contributed by atoms with Gasteiger partial charge in [0.2, 0.25) is 0 Å². The number of ether oxygens (including phenoxy) is 1. The molecule has 16 heavy (non-hydrogen) atoms. The van der Waals surface area contributed by atoms with Crippen LogP contribution >= 0.6 is 15.9 Å². The summed E-state index contributed by atoms with van der Waals surface area (Å²) in [6, 6.07) is 8.20. The molecule has 84 valence electrons. The van der Waals surface area contributed by atoms with Gasteiger partial charge in [-0.2, -0.15) is 0 Å². The number of fused-ring (bicyclic) bond motifs is 1. The Bertz CT molecular complexity index is 487. The lowest BCUT2D eigenvalue weighted by atomic mass is 10.2. The number of halogens is 1. The molecule has 3 nitrogen and oxygen atoms in total. The molecule has 0 saturated carbocycles. The maximum Gasteiger partial charge on any atom is 0.126 e. The van der Waals surface area contributed by atoms with Crippen molar-refractivity contribution in [3.63, 3.8) is 0 Å². The minimum atomic E-state index is 0.681. The summed E-state index contributed by atoms with van der Waals surface area (Å²) in [5.74, 6) is 0.881. The fraction of sp³-hybridized carbons (Fsp3) is 0.250. The molecule has 0 aliphatic heterocycles. The maximum atomic E-state index is 4.97. The number of pyridine rings is 1. The molecule has 2 rings (SSSR count). The first-order valence-electron chi connectivity index (χ1n) is 5.08. The van der Waals surface area contributed by atoms with E-state index >= 15 is 0 Å². The van der Waals surface area contributed by atoms with Gasteiger partial charge in [-0.15, -0.1) is 0 Å². The summed E-state index contributed by atoms with van der Waals surface area (Å²) in [6.07, 6.45) is 1.87. The Labute approximate surface area is 103 Å². The zero-order valence-electron chi connectivity index (χ0n) is 9.03. The van der Waals surface area contributed by atoms with Crippen LogP contribution in [0.25, 0.3) is 10.8 Å². The van der Waals surface area contributed by atoms with Gasteiger partial charge < -0.3 is 10.1 Å². The Morgan fingerprint density at radius 2 is 2.19 bits per heavy atom. The Morgan fingerprint density at radius 1 is 1.31 bits per heavy atom. The van der Waals surface area contributed by atoms with Gasteiger partial charge in [0.15, 0.2) is 0 Å². The number of nitrogens with zero attached hydrogens (tertiary/aromatic N) is 1. The summed E-state index contributed by atoms with van der Waals surface area (Å²) in [5, 5.41) is 5.51. The quantitative estimate of drug-likeness (QED) is 0.875. The lowest BCUT2D eigenvalue weighted by Gasteiger charge is -2.06. The fourth-order valence-corrected chi connectivity index (χ4v) is 1.87. The van der Waals surface area contributed by atoms with Gasteiger partial charge in [0, 0.05) is 29.7 Å². The van der Waals surface area contributed by atoms with Crippen LogP contribution in [0.3, 0.4) is 0 Å². The second kappa shape index (κ2) is 5.27. The van der Waals surface area contributed by atoms with Gasteiger partial charge in [-0.3, -0.25) is 0 Å². The lowest BCUT2D eigenvalue weighted by Crippen LogP contribution is -2.08. The first kappa shape index (κ1) is 11.4. The second-order valence-corrected chi connectivity index (χ2v) is 4.40. The van der Waals surface area contributed by atoms with Crippen LogP contribution in [0.2, 0.25) is 0 Å². The molecule has 1 N–H and O–H groups in total. The van der Waals surface area contributed by atoms with Crippen molar-refractivity contribution in [3.05, 3.63) is 34.9 Å². The normalized spacial score (nSPS) is 10.6. The van der Waals surface area contributed by atoms with Gasteiger partial charge in [0.1, 0.15) is 5.82 Å². The van der Waals surface area contributed by atoms with E-state index in [2.05, 4.69) is 38.4 Å². The number of aromatic nitrogens is 1. The average Bonchev–Trinajstić information content (AvgIpc) is 2.29. The van der Waals surface area contributed by atoms with E-state index in [4.69, 9.17) is 4.74 Å². The second-order valence-electron chi connectivity index (χ2n) is 3.48. The molecule has 0 bridgehead atoms. The Kier molecular flexibility index (Phi) is 3.74. The summed E-state index contributed by atoms with van der Waals surface area (Å²) in [5.41, 5.74) is 0. The topological polar surface area (TPSA) is 34.1 Å². The third-order valence-electron chi connectivity index (χ3n) is 2.30. The highest BCUT2D eigenvalue weighted by Crippen LogP contribution is 2.20. The third kappa shape index (κ3) is 2.71. The van der Waals surface area contributed by atoms with Gasteiger partial charge >= 0.3 is 0 Å². The van der Waals surface area contributed by atoms with Gasteiger partial charge in [-0.25, -0.2) is 4.98 Å². The van der Waals surface area contributed by atoms with Crippen molar-refractivity contribution in [2.75, 3.05) is 25.6 Å². The summed E-state index contributed by atoms with van der Waals surface area (Å²) < 4.78 is 6.04. The number of methoxy groups -OCH3 is 1. The molecule has 0 aliphatic rings. The molecule has 0 spiro atoms. The molecule has 0 saturated heterocycles. The van der Waals surface area contributed by atoms with Crippen molar-refractivity contribution in [1.82, 2.24) is 4.98 Å². The molecular weight excluding hydrogens is 268 g/mol. The van der Waals surface area contributed by atoms with Gasteiger partial charge in [-0.1, -0.05) is 22.0 Å². The molecular formula is C12H13BrN2O. The fourth-order valence-electron chi connectivity index (χ4n) is 1.49. The molecule has 1 aromatic carbocycles. The number of anilines is 1. The third-order valence-corrected chi connectivity index (χ3v) is 2.79. The van der Waals surface area contributed by atoms with Crippen molar-refractivity contribution in [3.8, 4) is 0 Å². The predicted molar refractivity (Wildman–Crippen MR) is 69.8 cm³/mol. The molecule has 0 radical (unpaired) electrons. The maximum absolute atomic E-state index is 4.97. The van der Waals surface area contributed by atoms with Crippen molar-refractivity contribution in [2.45, 2.75) is 0 Å². The number of hydrogen-bond acceptors (Lipinski definition) is 3. The number of hydrogen-bond donors (Lipinski definition) is 1. The molecule has 0 unspecified atom stereocenters. The van der Waals surface area contributed by atoms with Gasteiger partial charge in [-0.05, 0) is 23.6 Å². The van der Waals surface area contributed by atoms with Crippen molar-refractivity contribution in [2.24, 2.45) is 0 Å². The van der Waals surface area contributed by atoms with E-state index in [9.17, 15) is 0 Å². The zero-order chi connectivity index (χ0) is 11.4. The Hall–Kier alpha value is -1.13. The van der Waals surface area contributed by atoms with E-state index < -0.39 is 0 Å². The van der Waals surface area contributed by atoms with Crippen LogP contribution in [0.4, 0.5) is 5.82 Å². The van der Waals surface area contributed by atoms with E-state index in [-0.39, 0.29) is 0 Å². The van der Waals surface area contributed by atoms with E-state index in [1.54, 1.807) is 7.11 Å². The largest absolute Gasteiger partial charge is 0.383 e. The monoisotopic (exact) mass is 280 g/mol. The van der Waals surface area contributed by atoms with Crippen molar-refractivity contribution < 1.29 is 4.74 Å². The summed E-state index contributed by atoms with van der Waals surface area (Å²) in [6.45, 7) is 1.45.